The van der Waals surface area contributed by atoms with Crippen LogP contribution in [-0.2, 0) is 0 Å². The number of benzene rings is 1. The Hall–Kier alpha value is -0.820. The third-order valence-corrected chi connectivity index (χ3v) is 3.69. The Labute approximate surface area is 92.1 Å². The van der Waals surface area contributed by atoms with Crippen molar-refractivity contribution >= 4 is 0 Å². The molecule has 0 heterocycles. The number of aliphatic hydroxyl groups is 1. The highest BCUT2D eigenvalue weighted by molar-refractivity contribution is 5.32. The molecule has 0 amide bonds. The van der Waals surface area contributed by atoms with E-state index in [-0.39, 0.29) is 6.10 Å². The molecule has 0 spiro atoms. The van der Waals surface area contributed by atoms with Gasteiger partial charge in [-0.2, -0.15) is 0 Å². The molecule has 0 bridgehead atoms. The minimum Gasteiger partial charge on any atom is -0.392 e. The number of rotatable bonds is 1. The smallest absolute Gasteiger partial charge is 0.0608 e. The Morgan fingerprint density at radius 1 is 1.07 bits per heavy atom. The van der Waals surface area contributed by atoms with Gasteiger partial charge in [-0.3, -0.25) is 0 Å². The lowest BCUT2D eigenvalue weighted by molar-refractivity contribution is 0.106. The predicted molar refractivity (Wildman–Crippen MR) is 63.1 cm³/mol. The fourth-order valence-electron chi connectivity index (χ4n) is 2.50. The minimum absolute atomic E-state index is 0.124. The molecule has 1 aliphatic carbocycles. The van der Waals surface area contributed by atoms with E-state index in [1.54, 1.807) is 0 Å². The third kappa shape index (κ3) is 2.23. The minimum atomic E-state index is -0.124. The van der Waals surface area contributed by atoms with Crippen LogP contribution < -0.4 is 0 Å². The van der Waals surface area contributed by atoms with Crippen LogP contribution in [-0.4, -0.2) is 11.2 Å². The van der Waals surface area contributed by atoms with Gasteiger partial charge in [-0.15, -0.1) is 0 Å². The molecule has 0 saturated heterocycles. The average molecular weight is 204 g/mol. The molecule has 0 unspecified atom stereocenters. The van der Waals surface area contributed by atoms with Gasteiger partial charge in [0.05, 0.1) is 6.10 Å². The summed E-state index contributed by atoms with van der Waals surface area (Å²) in [5.41, 5.74) is 4.00. The second kappa shape index (κ2) is 4.36. The highest BCUT2D eigenvalue weighted by Crippen LogP contribution is 2.33. The van der Waals surface area contributed by atoms with E-state index in [4.69, 9.17) is 0 Å². The van der Waals surface area contributed by atoms with Gasteiger partial charge in [-0.05, 0) is 43.4 Å². The van der Waals surface area contributed by atoms with Gasteiger partial charge in [0.1, 0.15) is 0 Å². The summed E-state index contributed by atoms with van der Waals surface area (Å²) in [5, 5.41) is 9.98. The van der Waals surface area contributed by atoms with Crippen LogP contribution in [0.5, 0.6) is 0 Å². The van der Waals surface area contributed by atoms with Crippen molar-refractivity contribution < 1.29 is 5.11 Å². The van der Waals surface area contributed by atoms with Gasteiger partial charge >= 0.3 is 0 Å². The first-order valence-electron chi connectivity index (χ1n) is 5.93. The first-order valence-corrected chi connectivity index (χ1v) is 5.93. The van der Waals surface area contributed by atoms with E-state index in [0.29, 0.717) is 5.92 Å². The maximum Gasteiger partial charge on any atom is 0.0608 e. The van der Waals surface area contributed by atoms with E-state index in [0.717, 1.165) is 12.8 Å². The van der Waals surface area contributed by atoms with E-state index in [1.807, 2.05) is 0 Å². The molecule has 2 rings (SSSR count). The number of aliphatic hydroxyl groups excluding tert-OH is 1. The maximum absolute atomic E-state index is 9.98. The van der Waals surface area contributed by atoms with Crippen molar-refractivity contribution in [1.29, 1.82) is 0 Å². The van der Waals surface area contributed by atoms with E-state index in [9.17, 15) is 5.11 Å². The van der Waals surface area contributed by atoms with E-state index in [2.05, 4.69) is 32.0 Å². The van der Waals surface area contributed by atoms with Crippen molar-refractivity contribution in [2.24, 2.45) is 0 Å². The average Bonchev–Trinajstić information content (AvgIpc) is 2.23. The van der Waals surface area contributed by atoms with Crippen molar-refractivity contribution in [3.05, 3.63) is 34.9 Å². The zero-order valence-electron chi connectivity index (χ0n) is 9.66. The Kier molecular flexibility index (Phi) is 3.11. The molecule has 1 fully saturated rings. The standard InChI is InChI=1S/C14H20O/c1-10-7-8-12(9-11(10)2)13-5-3-4-6-14(13)15/h7-9,13-15H,3-6H2,1-2H3/t13-,14-/m1/s1. The molecule has 1 aromatic rings. The second-order valence-corrected chi connectivity index (χ2v) is 4.80. The second-order valence-electron chi connectivity index (χ2n) is 4.80. The highest BCUT2D eigenvalue weighted by Gasteiger charge is 2.24. The monoisotopic (exact) mass is 204 g/mol. The molecule has 0 radical (unpaired) electrons. The molecule has 0 aromatic heterocycles. The highest BCUT2D eigenvalue weighted by atomic mass is 16.3. The molecular formula is C14H20O. The molecule has 0 aliphatic heterocycles. The maximum atomic E-state index is 9.98. The summed E-state index contributed by atoms with van der Waals surface area (Å²) in [5.74, 6) is 0.373. The molecule has 2 atom stereocenters. The number of hydrogen-bond donors (Lipinski definition) is 1. The van der Waals surface area contributed by atoms with Gasteiger partial charge in [0.15, 0.2) is 0 Å². The molecule has 82 valence electrons. The Balaban J connectivity index is 2.24. The van der Waals surface area contributed by atoms with Crippen molar-refractivity contribution in [3.8, 4) is 0 Å². The van der Waals surface area contributed by atoms with Crippen molar-refractivity contribution in [3.63, 3.8) is 0 Å². The molecule has 1 nitrogen and oxygen atoms in total. The van der Waals surface area contributed by atoms with Gasteiger partial charge in [0, 0.05) is 5.92 Å². The Bertz CT molecular complexity index is 343. The van der Waals surface area contributed by atoms with E-state index >= 15 is 0 Å². The first-order chi connectivity index (χ1) is 7.18. The van der Waals surface area contributed by atoms with Crippen LogP contribution in [0.1, 0.15) is 48.3 Å². The fourth-order valence-corrected chi connectivity index (χ4v) is 2.50. The van der Waals surface area contributed by atoms with Gasteiger partial charge in [-0.1, -0.05) is 31.0 Å². The quantitative estimate of drug-likeness (QED) is 0.744. The van der Waals surface area contributed by atoms with Crippen LogP contribution in [0, 0.1) is 13.8 Å². The summed E-state index contributed by atoms with van der Waals surface area (Å²) in [6, 6.07) is 6.60. The Morgan fingerprint density at radius 2 is 1.80 bits per heavy atom. The normalized spacial score (nSPS) is 26.6. The molecule has 15 heavy (non-hydrogen) atoms. The van der Waals surface area contributed by atoms with Gasteiger partial charge in [0.2, 0.25) is 0 Å². The first kappa shape index (κ1) is 10.7. The SMILES string of the molecule is Cc1ccc([C@H]2CCCC[C@H]2O)cc1C. The van der Waals surface area contributed by atoms with Crippen LogP contribution in [0.15, 0.2) is 18.2 Å². The zero-order valence-corrected chi connectivity index (χ0v) is 9.66. The lowest BCUT2D eigenvalue weighted by Gasteiger charge is -2.28. The zero-order chi connectivity index (χ0) is 10.8. The van der Waals surface area contributed by atoms with Gasteiger partial charge in [0.25, 0.3) is 0 Å². The molecule has 1 aliphatic rings. The van der Waals surface area contributed by atoms with Gasteiger partial charge < -0.3 is 5.11 Å². The van der Waals surface area contributed by atoms with Crippen molar-refractivity contribution in [2.45, 2.75) is 51.6 Å². The summed E-state index contributed by atoms with van der Waals surface area (Å²) in [7, 11) is 0. The summed E-state index contributed by atoms with van der Waals surface area (Å²) in [6.45, 7) is 4.28. The number of hydrogen-bond acceptors (Lipinski definition) is 1. The van der Waals surface area contributed by atoms with Crippen LogP contribution in [0.3, 0.4) is 0 Å². The van der Waals surface area contributed by atoms with Crippen molar-refractivity contribution in [1.82, 2.24) is 0 Å². The number of aryl methyl sites for hydroxylation is 2. The molecule has 1 heteroatoms. The predicted octanol–water partition coefficient (Wildman–Crippen LogP) is 3.32. The van der Waals surface area contributed by atoms with Crippen molar-refractivity contribution in [2.75, 3.05) is 0 Å². The van der Waals surface area contributed by atoms with E-state index < -0.39 is 0 Å². The van der Waals surface area contributed by atoms with Gasteiger partial charge in [-0.25, -0.2) is 0 Å². The molecule has 1 N–H and O–H groups in total. The fraction of sp³-hybridized carbons (Fsp3) is 0.571. The molecular weight excluding hydrogens is 184 g/mol. The molecule has 1 aromatic carbocycles. The van der Waals surface area contributed by atoms with Crippen LogP contribution in [0.25, 0.3) is 0 Å². The summed E-state index contributed by atoms with van der Waals surface area (Å²) < 4.78 is 0. The van der Waals surface area contributed by atoms with Crippen LogP contribution in [0.4, 0.5) is 0 Å². The lowest BCUT2D eigenvalue weighted by Crippen LogP contribution is -2.22. The largest absolute Gasteiger partial charge is 0.392 e. The van der Waals surface area contributed by atoms with Crippen LogP contribution >= 0.6 is 0 Å². The van der Waals surface area contributed by atoms with E-state index in [1.165, 1.54) is 29.5 Å². The summed E-state index contributed by atoms with van der Waals surface area (Å²) in [6.07, 6.45) is 4.43. The topological polar surface area (TPSA) is 20.2 Å². The third-order valence-electron chi connectivity index (χ3n) is 3.69. The molecule has 1 saturated carbocycles. The Morgan fingerprint density at radius 3 is 2.47 bits per heavy atom. The lowest BCUT2D eigenvalue weighted by atomic mass is 9.81. The summed E-state index contributed by atoms with van der Waals surface area (Å²) >= 11 is 0. The summed E-state index contributed by atoms with van der Waals surface area (Å²) in [4.78, 5) is 0. The van der Waals surface area contributed by atoms with Crippen LogP contribution in [0.2, 0.25) is 0 Å².